The van der Waals surface area contributed by atoms with Crippen molar-refractivity contribution in [1.29, 1.82) is 0 Å². The fraction of sp³-hybridized carbons (Fsp3) is 0.368. The van der Waals surface area contributed by atoms with Gasteiger partial charge in [-0.05, 0) is 31.2 Å². The molecule has 2 amide bonds. The first-order valence-electron chi connectivity index (χ1n) is 9.34. The standard InChI is InChI=1S/C19H24FN7O2/c1-3-21-19(22-11-17(28)24-15-6-4-14(20)5-7-15)26-8-9-27(18(29)13-26)16-10-23-25(2)12-16/h4-7,10,12H,3,8-9,11,13H2,1-2H3,(H,21,22)(H,24,28). The number of aryl methyl sites for hydroxylation is 1. The van der Waals surface area contributed by atoms with Gasteiger partial charge in [0.2, 0.25) is 11.8 Å². The van der Waals surface area contributed by atoms with Crippen molar-refractivity contribution >= 4 is 29.1 Å². The Balaban J connectivity index is 1.60. The molecular weight excluding hydrogens is 377 g/mol. The van der Waals surface area contributed by atoms with E-state index in [0.29, 0.717) is 31.3 Å². The fourth-order valence-electron chi connectivity index (χ4n) is 2.98. The number of carbonyl (C=O) groups is 2. The quantitative estimate of drug-likeness (QED) is 0.571. The molecule has 29 heavy (non-hydrogen) atoms. The predicted molar refractivity (Wildman–Crippen MR) is 108 cm³/mol. The van der Waals surface area contributed by atoms with Crippen molar-refractivity contribution in [2.24, 2.45) is 12.0 Å². The van der Waals surface area contributed by atoms with Crippen LogP contribution < -0.4 is 15.5 Å². The van der Waals surface area contributed by atoms with Crippen molar-refractivity contribution in [3.05, 3.63) is 42.5 Å². The van der Waals surface area contributed by atoms with Gasteiger partial charge in [0.05, 0.1) is 11.9 Å². The molecule has 2 aromatic rings. The van der Waals surface area contributed by atoms with Gasteiger partial charge < -0.3 is 20.4 Å². The van der Waals surface area contributed by atoms with Gasteiger partial charge in [0.1, 0.15) is 18.9 Å². The number of halogens is 1. The molecule has 1 aliphatic rings. The number of aromatic nitrogens is 2. The Bertz CT molecular complexity index is 894. The summed E-state index contributed by atoms with van der Waals surface area (Å²) >= 11 is 0. The van der Waals surface area contributed by atoms with E-state index in [1.165, 1.54) is 24.3 Å². The van der Waals surface area contributed by atoms with E-state index in [4.69, 9.17) is 0 Å². The molecule has 1 aliphatic heterocycles. The van der Waals surface area contributed by atoms with Gasteiger partial charge in [-0.3, -0.25) is 14.3 Å². The zero-order valence-electron chi connectivity index (χ0n) is 16.4. The van der Waals surface area contributed by atoms with Gasteiger partial charge >= 0.3 is 0 Å². The normalized spacial score (nSPS) is 14.9. The minimum Gasteiger partial charge on any atom is -0.356 e. The number of rotatable bonds is 5. The van der Waals surface area contributed by atoms with Crippen LogP contribution in [0.3, 0.4) is 0 Å². The molecular formula is C19H24FN7O2. The largest absolute Gasteiger partial charge is 0.356 e. The van der Waals surface area contributed by atoms with E-state index >= 15 is 0 Å². The summed E-state index contributed by atoms with van der Waals surface area (Å²) in [4.78, 5) is 32.6. The van der Waals surface area contributed by atoms with Crippen LogP contribution in [0.15, 0.2) is 41.7 Å². The fourth-order valence-corrected chi connectivity index (χ4v) is 2.98. The monoisotopic (exact) mass is 401 g/mol. The van der Waals surface area contributed by atoms with Gasteiger partial charge in [0.15, 0.2) is 5.96 Å². The van der Waals surface area contributed by atoms with Gasteiger partial charge in [-0.15, -0.1) is 0 Å². The molecule has 154 valence electrons. The highest BCUT2D eigenvalue weighted by Gasteiger charge is 2.27. The highest BCUT2D eigenvalue weighted by molar-refractivity contribution is 5.99. The second-order valence-electron chi connectivity index (χ2n) is 6.56. The Morgan fingerprint density at radius 1 is 1.28 bits per heavy atom. The van der Waals surface area contributed by atoms with Crippen LogP contribution >= 0.6 is 0 Å². The average molecular weight is 401 g/mol. The molecule has 0 aliphatic carbocycles. The number of nitrogens with one attached hydrogen (secondary N) is 2. The first kappa shape index (κ1) is 20.3. The number of hydrogen-bond acceptors (Lipinski definition) is 4. The smallest absolute Gasteiger partial charge is 0.246 e. The highest BCUT2D eigenvalue weighted by atomic mass is 19.1. The zero-order valence-corrected chi connectivity index (χ0v) is 16.4. The van der Waals surface area contributed by atoms with E-state index in [1.807, 2.05) is 11.8 Å². The van der Waals surface area contributed by atoms with Crippen LogP contribution in [0.2, 0.25) is 0 Å². The molecule has 2 N–H and O–H groups in total. The molecule has 0 spiro atoms. The lowest BCUT2D eigenvalue weighted by molar-refractivity contribution is -0.120. The average Bonchev–Trinajstić information content (AvgIpc) is 3.13. The van der Waals surface area contributed by atoms with E-state index < -0.39 is 0 Å². The van der Waals surface area contributed by atoms with Gasteiger partial charge in [0.25, 0.3) is 0 Å². The van der Waals surface area contributed by atoms with E-state index in [1.54, 1.807) is 29.0 Å². The summed E-state index contributed by atoms with van der Waals surface area (Å²) in [6.07, 6.45) is 3.46. The van der Waals surface area contributed by atoms with E-state index in [2.05, 4.69) is 20.7 Å². The second-order valence-corrected chi connectivity index (χ2v) is 6.56. The minimum absolute atomic E-state index is 0.0642. The summed E-state index contributed by atoms with van der Waals surface area (Å²) < 4.78 is 14.6. The summed E-state index contributed by atoms with van der Waals surface area (Å²) in [6, 6.07) is 5.52. The maximum atomic E-state index is 13.0. The van der Waals surface area contributed by atoms with Crippen LogP contribution in [-0.4, -0.2) is 65.2 Å². The van der Waals surface area contributed by atoms with Gasteiger partial charge in [-0.25, -0.2) is 9.38 Å². The van der Waals surface area contributed by atoms with E-state index in [-0.39, 0.29) is 30.7 Å². The van der Waals surface area contributed by atoms with Gasteiger partial charge in [-0.2, -0.15) is 5.10 Å². The van der Waals surface area contributed by atoms with Crippen molar-refractivity contribution in [2.75, 3.05) is 42.9 Å². The number of carbonyl (C=O) groups excluding carboxylic acids is 2. The third kappa shape index (κ3) is 5.31. The Labute approximate surface area is 168 Å². The lowest BCUT2D eigenvalue weighted by atomic mass is 10.3. The van der Waals surface area contributed by atoms with Crippen molar-refractivity contribution in [3.8, 4) is 0 Å². The van der Waals surface area contributed by atoms with Crippen LogP contribution in [0.1, 0.15) is 6.92 Å². The van der Waals surface area contributed by atoms with Crippen LogP contribution in [-0.2, 0) is 16.6 Å². The molecule has 10 heteroatoms. The van der Waals surface area contributed by atoms with Crippen molar-refractivity contribution in [1.82, 2.24) is 20.0 Å². The number of aliphatic imine (C=N–C) groups is 1. The van der Waals surface area contributed by atoms with Crippen LogP contribution in [0, 0.1) is 5.82 Å². The molecule has 0 saturated carbocycles. The van der Waals surface area contributed by atoms with Gasteiger partial charge in [-0.1, -0.05) is 0 Å². The summed E-state index contributed by atoms with van der Waals surface area (Å²) in [6.45, 7) is 3.64. The Morgan fingerprint density at radius 2 is 2.03 bits per heavy atom. The summed E-state index contributed by atoms with van der Waals surface area (Å²) in [5.41, 5.74) is 1.26. The number of benzene rings is 1. The van der Waals surface area contributed by atoms with Crippen molar-refractivity contribution in [2.45, 2.75) is 6.92 Å². The Morgan fingerprint density at radius 3 is 2.66 bits per heavy atom. The summed E-state index contributed by atoms with van der Waals surface area (Å²) in [5.74, 6) is -0.260. The molecule has 1 fully saturated rings. The number of nitrogens with zero attached hydrogens (tertiary/aromatic N) is 5. The number of piperazine rings is 1. The van der Waals surface area contributed by atoms with Crippen LogP contribution in [0.4, 0.5) is 15.8 Å². The first-order chi connectivity index (χ1) is 14.0. The first-order valence-corrected chi connectivity index (χ1v) is 9.34. The van der Waals surface area contributed by atoms with E-state index in [9.17, 15) is 14.0 Å². The van der Waals surface area contributed by atoms with E-state index in [0.717, 1.165) is 5.69 Å². The SMILES string of the molecule is CCNC(=NCC(=O)Nc1ccc(F)cc1)N1CCN(c2cnn(C)c2)C(=O)C1. The predicted octanol–water partition coefficient (Wildman–Crippen LogP) is 0.812. The molecule has 0 unspecified atom stereocenters. The molecule has 0 atom stereocenters. The molecule has 1 aromatic heterocycles. The van der Waals surface area contributed by atoms with Crippen molar-refractivity contribution in [3.63, 3.8) is 0 Å². The Kier molecular flexibility index (Phi) is 6.43. The van der Waals surface area contributed by atoms with Gasteiger partial charge in [0, 0.05) is 38.6 Å². The molecule has 3 rings (SSSR count). The maximum Gasteiger partial charge on any atom is 0.246 e. The van der Waals surface area contributed by atoms with Crippen LogP contribution in [0.25, 0.3) is 0 Å². The molecule has 1 aromatic carbocycles. The molecule has 2 heterocycles. The minimum atomic E-state index is -0.370. The number of hydrogen-bond donors (Lipinski definition) is 2. The Hall–Kier alpha value is -3.43. The zero-order chi connectivity index (χ0) is 20.8. The molecule has 1 saturated heterocycles. The van der Waals surface area contributed by atoms with Crippen LogP contribution in [0.5, 0.6) is 0 Å². The third-order valence-electron chi connectivity index (χ3n) is 4.36. The summed E-state index contributed by atoms with van der Waals surface area (Å²) in [7, 11) is 1.80. The number of amides is 2. The number of guanidine groups is 1. The topological polar surface area (TPSA) is 94.9 Å². The second kappa shape index (κ2) is 9.18. The maximum absolute atomic E-state index is 13.0. The lowest BCUT2D eigenvalue weighted by Gasteiger charge is -2.35. The molecule has 0 bridgehead atoms. The molecule has 9 nitrogen and oxygen atoms in total. The highest BCUT2D eigenvalue weighted by Crippen LogP contribution is 2.16. The lowest BCUT2D eigenvalue weighted by Crippen LogP contribution is -2.55. The van der Waals surface area contributed by atoms with Crippen molar-refractivity contribution < 1.29 is 14.0 Å². The number of anilines is 2. The molecule has 0 radical (unpaired) electrons. The summed E-state index contributed by atoms with van der Waals surface area (Å²) in [5, 5.41) is 9.89. The third-order valence-corrected chi connectivity index (χ3v) is 4.36.